The highest BCUT2D eigenvalue weighted by molar-refractivity contribution is 5.89. The van der Waals surface area contributed by atoms with Crippen molar-refractivity contribution in [2.45, 2.75) is 13.5 Å². The van der Waals surface area contributed by atoms with Gasteiger partial charge in [0.2, 0.25) is 11.8 Å². The molecule has 5 rings (SSSR count). The summed E-state index contributed by atoms with van der Waals surface area (Å²) in [5.74, 6) is 7.29. The molecule has 0 amide bonds. The third kappa shape index (κ3) is 4.84. The first kappa shape index (κ1) is 22.9. The standard InChI is InChI=1S/C24H30N10O/c1-3-4-21-28-23-20-17-27-33(22(20)29-24(25)34(23)30-21)15-12-31-10-13-32(14-11-31)18-5-7-19(8-6-18)35-16-9-26-2/h5-8,17,26H,9-16H2,1-2H3,(H2,25,29). The molecule has 0 unspecified atom stereocenters. The van der Waals surface area contributed by atoms with Crippen molar-refractivity contribution < 1.29 is 4.74 Å². The number of nitrogens with one attached hydrogen (secondary N) is 1. The molecule has 0 radical (unpaired) electrons. The Morgan fingerprint density at radius 3 is 2.60 bits per heavy atom. The number of anilines is 2. The Hall–Kier alpha value is -3.88. The lowest BCUT2D eigenvalue weighted by atomic mass is 10.2. The van der Waals surface area contributed by atoms with E-state index in [1.54, 1.807) is 13.1 Å². The molecule has 0 bridgehead atoms. The molecule has 4 heterocycles. The van der Waals surface area contributed by atoms with Crippen molar-refractivity contribution in [1.29, 1.82) is 0 Å². The molecule has 1 fully saturated rings. The van der Waals surface area contributed by atoms with Crippen LogP contribution in [0.5, 0.6) is 5.75 Å². The maximum Gasteiger partial charge on any atom is 0.226 e. The number of hydrogen-bond acceptors (Lipinski definition) is 9. The van der Waals surface area contributed by atoms with Crippen molar-refractivity contribution in [3.63, 3.8) is 0 Å². The lowest BCUT2D eigenvalue weighted by molar-refractivity contribution is 0.245. The Bertz CT molecular complexity index is 1360. The highest BCUT2D eigenvalue weighted by atomic mass is 16.5. The number of benzene rings is 1. The molecule has 0 aliphatic carbocycles. The molecule has 35 heavy (non-hydrogen) atoms. The normalized spacial score (nSPS) is 14.4. The van der Waals surface area contributed by atoms with Crippen molar-refractivity contribution in [3.05, 3.63) is 36.3 Å². The van der Waals surface area contributed by atoms with E-state index < -0.39 is 0 Å². The van der Waals surface area contributed by atoms with Crippen LogP contribution in [0.15, 0.2) is 30.5 Å². The Labute approximate surface area is 203 Å². The number of fused-ring (bicyclic) bond motifs is 3. The zero-order valence-corrected chi connectivity index (χ0v) is 20.1. The fourth-order valence-electron chi connectivity index (χ4n) is 4.27. The second kappa shape index (κ2) is 10.2. The van der Waals surface area contributed by atoms with Gasteiger partial charge in [0.15, 0.2) is 11.3 Å². The number of piperazine rings is 1. The molecule has 11 nitrogen and oxygen atoms in total. The number of ether oxygens (including phenoxy) is 1. The highest BCUT2D eigenvalue weighted by Crippen LogP contribution is 2.22. The average Bonchev–Trinajstić information content (AvgIpc) is 3.48. The summed E-state index contributed by atoms with van der Waals surface area (Å²) in [5, 5.41) is 12.8. The van der Waals surface area contributed by atoms with E-state index in [1.165, 1.54) is 10.2 Å². The zero-order chi connectivity index (χ0) is 24.2. The van der Waals surface area contributed by atoms with Crippen molar-refractivity contribution in [2.75, 3.05) is 63.6 Å². The predicted molar refractivity (Wildman–Crippen MR) is 136 cm³/mol. The summed E-state index contributed by atoms with van der Waals surface area (Å²) in [4.78, 5) is 13.9. The first-order chi connectivity index (χ1) is 17.2. The van der Waals surface area contributed by atoms with E-state index in [4.69, 9.17) is 10.5 Å². The van der Waals surface area contributed by atoms with Crippen molar-refractivity contribution in [1.82, 2.24) is 39.6 Å². The van der Waals surface area contributed by atoms with Crippen LogP contribution in [0, 0.1) is 11.8 Å². The van der Waals surface area contributed by atoms with Crippen LogP contribution in [0.2, 0.25) is 0 Å². The van der Waals surface area contributed by atoms with Gasteiger partial charge in [0, 0.05) is 45.0 Å². The van der Waals surface area contributed by atoms with Crippen LogP contribution in [0.25, 0.3) is 16.7 Å². The second-order valence-electron chi connectivity index (χ2n) is 8.40. The summed E-state index contributed by atoms with van der Waals surface area (Å²) >= 11 is 0. The first-order valence-electron chi connectivity index (χ1n) is 11.8. The Kier molecular flexibility index (Phi) is 6.65. The third-order valence-corrected chi connectivity index (χ3v) is 6.16. The lowest BCUT2D eigenvalue weighted by Gasteiger charge is -2.36. The molecule has 0 saturated carbocycles. The van der Waals surface area contributed by atoms with E-state index in [2.05, 4.69) is 59.3 Å². The molecule has 3 N–H and O–H groups in total. The molecule has 11 heteroatoms. The molecular formula is C24H30N10O. The molecular weight excluding hydrogens is 444 g/mol. The Balaban J connectivity index is 1.19. The first-order valence-corrected chi connectivity index (χ1v) is 11.8. The summed E-state index contributed by atoms with van der Waals surface area (Å²) in [7, 11) is 1.92. The lowest BCUT2D eigenvalue weighted by Crippen LogP contribution is -2.47. The summed E-state index contributed by atoms with van der Waals surface area (Å²) < 4.78 is 9.14. The van der Waals surface area contributed by atoms with Gasteiger partial charge in [0.05, 0.1) is 18.1 Å². The minimum atomic E-state index is 0.276. The van der Waals surface area contributed by atoms with Crippen LogP contribution in [0.1, 0.15) is 12.7 Å². The van der Waals surface area contributed by atoms with E-state index in [9.17, 15) is 0 Å². The largest absolute Gasteiger partial charge is 0.492 e. The Morgan fingerprint density at radius 1 is 1.06 bits per heavy atom. The van der Waals surface area contributed by atoms with Gasteiger partial charge in [-0.25, -0.2) is 4.68 Å². The van der Waals surface area contributed by atoms with Gasteiger partial charge < -0.3 is 20.7 Å². The summed E-state index contributed by atoms with van der Waals surface area (Å²) in [6.45, 7) is 8.79. The molecule has 1 aliphatic rings. The third-order valence-electron chi connectivity index (χ3n) is 6.16. The van der Waals surface area contributed by atoms with Crippen molar-refractivity contribution in [2.24, 2.45) is 0 Å². The number of hydrogen-bond donors (Lipinski definition) is 2. The van der Waals surface area contributed by atoms with E-state index in [0.29, 0.717) is 23.7 Å². The van der Waals surface area contributed by atoms with Crippen molar-refractivity contribution in [3.8, 4) is 17.6 Å². The number of likely N-dealkylation sites (N-methyl/N-ethyl adjacent to an activating group) is 1. The van der Waals surface area contributed by atoms with E-state index in [-0.39, 0.29) is 5.95 Å². The van der Waals surface area contributed by atoms with Gasteiger partial charge >= 0.3 is 0 Å². The van der Waals surface area contributed by atoms with Gasteiger partial charge in [0.1, 0.15) is 12.4 Å². The van der Waals surface area contributed by atoms with Gasteiger partial charge in [-0.05, 0) is 44.2 Å². The minimum Gasteiger partial charge on any atom is -0.492 e. The van der Waals surface area contributed by atoms with E-state index in [1.807, 2.05) is 23.9 Å². The number of nitrogen functional groups attached to an aromatic ring is 1. The van der Waals surface area contributed by atoms with Gasteiger partial charge in [-0.1, -0.05) is 5.92 Å². The maximum atomic E-state index is 6.14. The van der Waals surface area contributed by atoms with Gasteiger partial charge in [0.25, 0.3) is 0 Å². The number of nitrogens with two attached hydrogens (primary N) is 1. The molecule has 4 aromatic rings. The average molecular weight is 475 g/mol. The van der Waals surface area contributed by atoms with Crippen LogP contribution >= 0.6 is 0 Å². The van der Waals surface area contributed by atoms with Crippen LogP contribution in [0.4, 0.5) is 11.6 Å². The maximum absolute atomic E-state index is 6.14. The van der Waals surface area contributed by atoms with Gasteiger partial charge in [-0.15, -0.1) is 5.10 Å². The smallest absolute Gasteiger partial charge is 0.226 e. The van der Waals surface area contributed by atoms with Crippen LogP contribution < -0.4 is 20.7 Å². The van der Waals surface area contributed by atoms with E-state index in [0.717, 1.165) is 56.9 Å². The molecule has 1 aliphatic heterocycles. The van der Waals surface area contributed by atoms with Crippen molar-refractivity contribution >= 4 is 28.3 Å². The number of nitrogens with zero attached hydrogens (tertiary/aromatic N) is 8. The molecule has 0 spiro atoms. The van der Waals surface area contributed by atoms with Crippen LogP contribution in [0.3, 0.4) is 0 Å². The van der Waals surface area contributed by atoms with E-state index >= 15 is 0 Å². The van der Waals surface area contributed by atoms with Gasteiger partial charge in [-0.2, -0.15) is 19.6 Å². The number of aromatic nitrogens is 6. The summed E-state index contributed by atoms with van der Waals surface area (Å²) in [6, 6.07) is 8.37. The molecule has 1 saturated heterocycles. The highest BCUT2D eigenvalue weighted by Gasteiger charge is 2.19. The SMILES string of the molecule is CC#Cc1nc2c3cnn(CCN4CCN(c5ccc(OCCNC)cc5)CC4)c3nc(N)n2n1. The predicted octanol–water partition coefficient (Wildman–Crippen LogP) is 0.848. The molecule has 1 aromatic carbocycles. The second-order valence-corrected chi connectivity index (χ2v) is 8.40. The monoisotopic (exact) mass is 474 g/mol. The summed E-state index contributed by atoms with van der Waals surface area (Å²) in [6.07, 6.45) is 1.78. The minimum absolute atomic E-state index is 0.276. The fraction of sp³-hybridized carbons (Fsp3) is 0.417. The topological polar surface area (TPSA) is 115 Å². The zero-order valence-electron chi connectivity index (χ0n) is 20.1. The van der Waals surface area contributed by atoms with Crippen LogP contribution in [-0.2, 0) is 6.54 Å². The fourth-order valence-corrected chi connectivity index (χ4v) is 4.27. The molecule has 0 atom stereocenters. The number of rotatable bonds is 8. The summed E-state index contributed by atoms with van der Waals surface area (Å²) in [5.41, 5.74) is 8.72. The molecule has 182 valence electrons. The molecule has 3 aromatic heterocycles. The van der Waals surface area contributed by atoms with Gasteiger partial charge in [-0.3, -0.25) is 4.90 Å². The Morgan fingerprint density at radius 2 is 1.86 bits per heavy atom. The quantitative estimate of drug-likeness (QED) is 0.283. The van der Waals surface area contributed by atoms with Crippen LogP contribution in [-0.4, -0.2) is 87.2 Å².